The summed E-state index contributed by atoms with van der Waals surface area (Å²) in [6.07, 6.45) is 7.24. The molecule has 3 aromatic heterocycles. The fraction of sp³-hybridized carbons (Fsp3) is 0.250. The molecular formula is C24H22BrN5O2S. The molecule has 7 nitrogen and oxygen atoms in total. The molecule has 1 aromatic carbocycles. The first-order chi connectivity index (χ1) is 16.0. The van der Waals surface area contributed by atoms with E-state index in [4.69, 9.17) is 10.7 Å². The van der Waals surface area contributed by atoms with Crippen molar-refractivity contribution in [2.24, 2.45) is 5.73 Å². The third kappa shape index (κ3) is 4.43. The second-order valence-electron chi connectivity index (χ2n) is 8.21. The van der Waals surface area contributed by atoms with Crippen LogP contribution in [0.15, 0.2) is 58.6 Å². The number of primary amides is 1. The van der Waals surface area contributed by atoms with Crippen molar-refractivity contribution >= 4 is 50.1 Å². The highest BCUT2D eigenvalue weighted by molar-refractivity contribution is 9.11. The van der Waals surface area contributed by atoms with Crippen LogP contribution in [0.4, 0.5) is 0 Å². The number of thiophene rings is 1. The van der Waals surface area contributed by atoms with E-state index in [-0.39, 0.29) is 18.0 Å². The summed E-state index contributed by atoms with van der Waals surface area (Å²) < 4.78 is 3.17. The summed E-state index contributed by atoms with van der Waals surface area (Å²) in [7, 11) is 0. The molecule has 4 aromatic rings. The third-order valence-corrected chi connectivity index (χ3v) is 7.66. The number of fused-ring (bicyclic) bond motifs is 1. The number of hydrogen-bond acceptors (Lipinski definition) is 5. The summed E-state index contributed by atoms with van der Waals surface area (Å²) >= 11 is 4.86. The van der Waals surface area contributed by atoms with E-state index in [0.29, 0.717) is 10.4 Å². The Morgan fingerprint density at radius 1 is 1.18 bits per heavy atom. The summed E-state index contributed by atoms with van der Waals surface area (Å²) in [5.74, 6) is 0.291. The second kappa shape index (κ2) is 9.07. The molecule has 9 heteroatoms. The molecule has 0 bridgehead atoms. The molecule has 1 saturated carbocycles. The Kier molecular flexibility index (Phi) is 5.99. The van der Waals surface area contributed by atoms with Gasteiger partial charge in [0.1, 0.15) is 5.82 Å². The number of hydrogen-bond donors (Lipinski definition) is 2. The van der Waals surface area contributed by atoms with Gasteiger partial charge >= 0.3 is 0 Å². The number of nitrogens with zero attached hydrogens (tertiary/aromatic N) is 3. The predicted molar refractivity (Wildman–Crippen MR) is 132 cm³/mol. The molecule has 0 radical (unpaired) electrons. The highest BCUT2D eigenvalue weighted by Crippen LogP contribution is 2.36. The number of carbonyl (C=O) groups is 2. The summed E-state index contributed by atoms with van der Waals surface area (Å²) in [6.45, 7) is 0. The number of nitrogens with one attached hydrogen (secondary N) is 1. The summed E-state index contributed by atoms with van der Waals surface area (Å²) in [5, 5.41) is 3.22. The zero-order chi connectivity index (χ0) is 22.9. The van der Waals surface area contributed by atoms with Crippen LogP contribution in [0.25, 0.3) is 22.4 Å². The first-order valence-corrected chi connectivity index (χ1v) is 12.4. The Hall–Kier alpha value is -3.04. The predicted octanol–water partition coefficient (Wildman–Crippen LogP) is 4.93. The number of imidazole rings is 1. The summed E-state index contributed by atoms with van der Waals surface area (Å²) in [6, 6.07) is 13.2. The zero-order valence-electron chi connectivity index (χ0n) is 17.7. The molecule has 2 atom stereocenters. The van der Waals surface area contributed by atoms with Gasteiger partial charge in [0.05, 0.1) is 19.7 Å². The Morgan fingerprint density at radius 3 is 2.79 bits per heavy atom. The maximum absolute atomic E-state index is 12.7. The van der Waals surface area contributed by atoms with Crippen molar-refractivity contribution in [3.8, 4) is 11.4 Å². The minimum Gasteiger partial charge on any atom is -0.366 e. The first-order valence-electron chi connectivity index (χ1n) is 10.8. The Balaban J connectivity index is 1.49. The Labute approximate surface area is 203 Å². The fourth-order valence-corrected chi connectivity index (χ4v) is 5.83. The van der Waals surface area contributed by atoms with E-state index in [9.17, 15) is 9.59 Å². The SMILES string of the molecule is NC(=O)c1ccc2c(c1)nc(-c1cccnc1)n2[C@@H]1CCC[C@H](NC(=O)c2ccc(Br)s2)C1. The number of halogens is 1. The molecule has 0 saturated heterocycles. The molecule has 0 unspecified atom stereocenters. The van der Waals surface area contributed by atoms with Gasteiger partial charge in [-0.2, -0.15) is 0 Å². The number of nitrogens with two attached hydrogens (primary N) is 1. The van der Waals surface area contributed by atoms with Crippen LogP contribution in [0.1, 0.15) is 51.8 Å². The number of carbonyl (C=O) groups excluding carboxylic acids is 2. The second-order valence-corrected chi connectivity index (χ2v) is 10.7. The standard InChI is InChI=1S/C24H22BrN5O2S/c25-21-9-8-20(33-21)24(32)28-16-4-1-5-17(12-16)30-19-7-6-14(22(26)31)11-18(19)29-23(30)15-3-2-10-27-13-15/h2-3,6-11,13,16-17H,1,4-5,12H2,(H2,26,31)(H,28,32)/t16-,17+/m0/s1. The summed E-state index contributed by atoms with van der Waals surface area (Å²) in [4.78, 5) is 34.3. The monoisotopic (exact) mass is 523 g/mol. The third-order valence-electron chi connectivity index (χ3n) is 6.04. The van der Waals surface area contributed by atoms with Gasteiger partial charge in [0.15, 0.2) is 0 Å². The molecule has 3 heterocycles. The Bertz CT molecular complexity index is 1330. The molecule has 0 spiro atoms. The van der Waals surface area contributed by atoms with Crippen molar-refractivity contribution in [1.29, 1.82) is 0 Å². The van der Waals surface area contributed by atoms with Crippen molar-refractivity contribution in [2.45, 2.75) is 37.8 Å². The van der Waals surface area contributed by atoms with Crippen molar-refractivity contribution < 1.29 is 9.59 Å². The van der Waals surface area contributed by atoms with Crippen molar-refractivity contribution in [1.82, 2.24) is 19.9 Å². The van der Waals surface area contributed by atoms with Crippen LogP contribution in [-0.4, -0.2) is 32.4 Å². The van der Waals surface area contributed by atoms with E-state index < -0.39 is 5.91 Å². The van der Waals surface area contributed by atoms with Crippen molar-refractivity contribution in [3.63, 3.8) is 0 Å². The lowest BCUT2D eigenvalue weighted by Gasteiger charge is -2.32. The number of aromatic nitrogens is 3. The minimum atomic E-state index is -0.477. The highest BCUT2D eigenvalue weighted by atomic mass is 79.9. The molecule has 0 aliphatic heterocycles. The largest absolute Gasteiger partial charge is 0.366 e. The normalized spacial score (nSPS) is 18.3. The van der Waals surface area contributed by atoms with E-state index >= 15 is 0 Å². The van der Waals surface area contributed by atoms with Crippen LogP contribution in [0.2, 0.25) is 0 Å². The van der Waals surface area contributed by atoms with Gasteiger partial charge in [-0.25, -0.2) is 4.98 Å². The maximum atomic E-state index is 12.7. The topological polar surface area (TPSA) is 103 Å². The van der Waals surface area contributed by atoms with Gasteiger partial charge < -0.3 is 15.6 Å². The molecule has 1 aliphatic rings. The molecule has 3 N–H and O–H groups in total. The first kappa shape index (κ1) is 21.8. The highest BCUT2D eigenvalue weighted by Gasteiger charge is 2.28. The number of rotatable bonds is 5. The van der Waals surface area contributed by atoms with Crippen LogP contribution in [0, 0.1) is 0 Å². The van der Waals surface area contributed by atoms with Crippen LogP contribution in [0.3, 0.4) is 0 Å². The van der Waals surface area contributed by atoms with E-state index in [1.807, 2.05) is 30.3 Å². The van der Waals surface area contributed by atoms with Crippen LogP contribution < -0.4 is 11.1 Å². The van der Waals surface area contributed by atoms with Crippen LogP contribution in [-0.2, 0) is 0 Å². The quantitative estimate of drug-likeness (QED) is 0.386. The molecular weight excluding hydrogens is 502 g/mol. The van der Waals surface area contributed by atoms with Gasteiger partial charge in [-0.05, 0) is 84.1 Å². The lowest BCUT2D eigenvalue weighted by Crippen LogP contribution is -2.38. The van der Waals surface area contributed by atoms with Crippen LogP contribution in [0.5, 0.6) is 0 Å². The van der Waals surface area contributed by atoms with Gasteiger partial charge in [0.25, 0.3) is 5.91 Å². The van der Waals surface area contributed by atoms with E-state index in [2.05, 4.69) is 30.8 Å². The molecule has 1 aliphatic carbocycles. The number of amides is 2. The number of pyridine rings is 1. The fourth-order valence-electron chi connectivity index (χ4n) is 4.54. The van der Waals surface area contributed by atoms with Crippen molar-refractivity contribution in [3.05, 3.63) is 69.1 Å². The molecule has 2 amide bonds. The van der Waals surface area contributed by atoms with Gasteiger partial charge in [-0.15, -0.1) is 11.3 Å². The minimum absolute atomic E-state index is 0.0366. The average molecular weight is 524 g/mol. The lowest BCUT2D eigenvalue weighted by atomic mass is 9.90. The smallest absolute Gasteiger partial charge is 0.261 e. The van der Waals surface area contributed by atoms with Gasteiger partial charge in [0.2, 0.25) is 5.91 Å². The zero-order valence-corrected chi connectivity index (χ0v) is 20.1. The molecule has 1 fully saturated rings. The molecule has 33 heavy (non-hydrogen) atoms. The molecule has 168 valence electrons. The van der Waals surface area contributed by atoms with Gasteiger partial charge in [-0.3, -0.25) is 14.6 Å². The Morgan fingerprint density at radius 2 is 2.06 bits per heavy atom. The molecule has 5 rings (SSSR count). The van der Waals surface area contributed by atoms with Gasteiger partial charge in [0, 0.05) is 35.6 Å². The lowest BCUT2D eigenvalue weighted by molar-refractivity contribution is 0.0924. The van der Waals surface area contributed by atoms with Crippen LogP contribution >= 0.6 is 27.3 Å². The van der Waals surface area contributed by atoms with Gasteiger partial charge in [-0.1, -0.05) is 0 Å². The van der Waals surface area contributed by atoms with E-state index in [0.717, 1.165) is 51.9 Å². The van der Waals surface area contributed by atoms with Crippen molar-refractivity contribution in [2.75, 3.05) is 0 Å². The average Bonchev–Trinajstić information content (AvgIpc) is 3.43. The van der Waals surface area contributed by atoms with E-state index in [1.165, 1.54) is 11.3 Å². The summed E-state index contributed by atoms with van der Waals surface area (Å²) in [5.41, 5.74) is 8.49. The number of benzene rings is 1. The maximum Gasteiger partial charge on any atom is 0.261 e. The van der Waals surface area contributed by atoms with E-state index in [1.54, 1.807) is 24.5 Å².